The van der Waals surface area contributed by atoms with E-state index in [2.05, 4.69) is 11.8 Å². The first-order valence-corrected chi connectivity index (χ1v) is 7.70. The predicted octanol–water partition coefficient (Wildman–Crippen LogP) is 4.32. The lowest BCUT2D eigenvalue weighted by atomic mass is 10.1. The van der Waals surface area contributed by atoms with E-state index >= 15 is 0 Å². The fourth-order valence-electron chi connectivity index (χ4n) is 2.65. The molecule has 0 fully saturated rings. The Hall–Kier alpha value is -1.95. The van der Waals surface area contributed by atoms with Gasteiger partial charge in [0, 0.05) is 28.2 Å². The van der Waals surface area contributed by atoms with Gasteiger partial charge < -0.3 is 0 Å². The van der Waals surface area contributed by atoms with Gasteiger partial charge in [0.05, 0.1) is 5.02 Å². The fraction of sp³-hybridized carbons (Fsp3) is 0.167. The second-order valence-electron chi connectivity index (χ2n) is 5.23. The molecule has 3 rings (SSSR count). The molecule has 0 aliphatic carbocycles. The third-order valence-electron chi connectivity index (χ3n) is 3.66. The van der Waals surface area contributed by atoms with Crippen LogP contribution in [0.1, 0.15) is 18.1 Å². The molecule has 2 aromatic carbocycles. The number of hydrogen-bond donors (Lipinski definition) is 0. The first-order valence-electron chi connectivity index (χ1n) is 6.94. The minimum absolute atomic E-state index is 0.111. The van der Waals surface area contributed by atoms with Crippen molar-refractivity contribution in [3.05, 3.63) is 63.6 Å². The molecule has 1 unspecified atom stereocenters. The second kappa shape index (κ2) is 6.04. The quantitative estimate of drug-likeness (QED) is 0.659. The van der Waals surface area contributed by atoms with Crippen LogP contribution in [0.3, 0.4) is 0 Å². The van der Waals surface area contributed by atoms with Gasteiger partial charge in [0.2, 0.25) is 0 Å². The molecular weight excluding hydrogens is 317 g/mol. The molecule has 4 heteroatoms. The molecule has 1 aliphatic heterocycles. The SMILES string of the molecule is CC1Cc2ccccc2N1C(=O)C#Cc1ccc(Cl)cc1Cl. The zero-order chi connectivity index (χ0) is 15.7. The van der Waals surface area contributed by atoms with Gasteiger partial charge >= 0.3 is 5.91 Å². The molecule has 2 nitrogen and oxygen atoms in total. The Bertz CT molecular complexity index is 804. The molecule has 0 bridgehead atoms. The first-order chi connectivity index (χ1) is 10.6. The van der Waals surface area contributed by atoms with Gasteiger partial charge in [-0.3, -0.25) is 9.69 Å². The van der Waals surface area contributed by atoms with Crippen molar-refractivity contribution in [2.45, 2.75) is 19.4 Å². The number of para-hydroxylation sites is 1. The first kappa shape index (κ1) is 15.0. The second-order valence-corrected chi connectivity index (χ2v) is 6.07. The molecule has 0 aromatic heterocycles. The minimum atomic E-state index is -0.219. The number of nitrogens with zero attached hydrogens (tertiary/aromatic N) is 1. The van der Waals surface area contributed by atoms with Crippen LogP contribution in [0.15, 0.2) is 42.5 Å². The van der Waals surface area contributed by atoms with Crippen molar-refractivity contribution in [2.75, 3.05) is 4.90 Å². The lowest BCUT2D eigenvalue weighted by Crippen LogP contribution is -2.34. The van der Waals surface area contributed by atoms with Gasteiger partial charge in [-0.2, -0.15) is 0 Å². The summed E-state index contributed by atoms with van der Waals surface area (Å²) in [4.78, 5) is 14.2. The van der Waals surface area contributed by atoms with Crippen molar-refractivity contribution in [1.29, 1.82) is 0 Å². The molecule has 1 aliphatic rings. The lowest BCUT2D eigenvalue weighted by Gasteiger charge is -2.19. The highest BCUT2D eigenvalue weighted by Crippen LogP contribution is 2.31. The molecule has 0 saturated heterocycles. The van der Waals surface area contributed by atoms with Crippen LogP contribution >= 0.6 is 23.2 Å². The predicted molar refractivity (Wildman–Crippen MR) is 90.4 cm³/mol. The maximum Gasteiger partial charge on any atom is 0.303 e. The van der Waals surface area contributed by atoms with E-state index in [9.17, 15) is 4.79 Å². The number of rotatable bonds is 0. The smallest absolute Gasteiger partial charge is 0.298 e. The number of carbonyl (C=O) groups is 1. The van der Waals surface area contributed by atoms with Crippen LogP contribution in [0.25, 0.3) is 0 Å². The Balaban J connectivity index is 1.88. The fourth-order valence-corrected chi connectivity index (χ4v) is 3.10. The molecule has 0 spiro atoms. The normalized spacial score (nSPS) is 16.0. The summed E-state index contributed by atoms with van der Waals surface area (Å²) < 4.78 is 0. The van der Waals surface area contributed by atoms with Crippen molar-refractivity contribution in [1.82, 2.24) is 0 Å². The van der Waals surface area contributed by atoms with Crippen molar-refractivity contribution in [2.24, 2.45) is 0 Å². The van der Waals surface area contributed by atoms with Gasteiger partial charge in [0.15, 0.2) is 0 Å². The monoisotopic (exact) mass is 329 g/mol. The van der Waals surface area contributed by atoms with Crippen LogP contribution in [0.5, 0.6) is 0 Å². The molecule has 1 atom stereocenters. The highest BCUT2D eigenvalue weighted by Gasteiger charge is 2.29. The number of amides is 1. The third kappa shape index (κ3) is 2.83. The zero-order valence-electron chi connectivity index (χ0n) is 11.9. The lowest BCUT2D eigenvalue weighted by molar-refractivity contribution is -0.113. The Labute approximate surface area is 139 Å². The molecule has 2 aromatic rings. The van der Waals surface area contributed by atoms with Crippen LogP contribution in [0.2, 0.25) is 10.0 Å². The van der Waals surface area contributed by atoms with E-state index in [1.807, 2.05) is 31.2 Å². The maximum atomic E-state index is 12.5. The Morgan fingerprint density at radius 1 is 1.23 bits per heavy atom. The minimum Gasteiger partial charge on any atom is -0.298 e. The zero-order valence-corrected chi connectivity index (χ0v) is 13.4. The number of carbonyl (C=O) groups excluding carboxylic acids is 1. The number of halogens is 2. The third-order valence-corrected chi connectivity index (χ3v) is 4.21. The van der Waals surface area contributed by atoms with Crippen molar-refractivity contribution < 1.29 is 4.79 Å². The molecule has 22 heavy (non-hydrogen) atoms. The summed E-state index contributed by atoms with van der Waals surface area (Å²) in [5.41, 5.74) is 2.71. The van der Waals surface area contributed by atoms with Crippen LogP contribution in [0, 0.1) is 11.8 Å². The van der Waals surface area contributed by atoms with Crippen molar-refractivity contribution >= 4 is 34.8 Å². The Kier molecular flexibility index (Phi) is 4.11. The summed E-state index contributed by atoms with van der Waals surface area (Å²) >= 11 is 11.9. The maximum absolute atomic E-state index is 12.5. The van der Waals surface area contributed by atoms with Crippen molar-refractivity contribution in [3.8, 4) is 11.8 Å². The molecule has 0 radical (unpaired) electrons. The summed E-state index contributed by atoms with van der Waals surface area (Å²) in [7, 11) is 0. The largest absolute Gasteiger partial charge is 0.303 e. The van der Waals surface area contributed by atoms with E-state index in [-0.39, 0.29) is 11.9 Å². The van der Waals surface area contributed by atoms with Crippen LogP contribution in [-0.2, 0) is 11.2 Å². The Morgan fingerprint density at radius 2 is 2.00 bits per heavy atom. The summed E-state index contributed by atoms with van der Waals surface area (Å²) in [5.74, 6) is 5.30. The van der Waals surface area contributed by atoms with E-state index in [1.54, 1.807) is 23.1 Å². The molecule has 110 valence electrons. The van der Waals surface area contributed by atoms with E-state index < -0.39 is 0 Å². The highest BCUT2D eigenvalue weighted by atomic mass is 35.5. The van der Waals surface area contributed by atoms with Gasteiger partial charge in [-0.25, -0.2) is 0 Å². The number of fused-ring (bicyclic) bond motifs is 1. The van der Waals surface area contributed by atoms with Crippen LogP contribution in [-0.4, -0.2) is 11.9 Å². The van der Waals surface area contributed by atoms with E-state index in [1.165, 1.54) is 5.56 Å². The number of benzene rings is 2. The molecule has 1 heterocycles. The van der Waals surface area contributed by atoms with Gasteiger partial charge in [0.25, 0.3) is 0 Å². The molecule has 0 N–H and O–H groups in total. The summed E-state index contributed by atoms with van der Waals surface area (Å²) in [5, 5.41) is 0.992. The topological polar surface area (TPSA) is 20.3 Å². The van der Waals surface area contributed by atoms with Gasteiger partial charge in [-0.05, 0) is 43.2 Å². The van der Waals surface area contributed by atoms with Gasteiger partial charge in [0.1, 0.15) is 0 Å². The van der Waals surface area contributed by atoms with Gasteiger partial charge in [-0.15, -0.1) is 0 Å². The van der Waals surface area contributed by atoms with Gasteiger partial charge in [-0.1, -0.05) is 47.3 Å². The average Bonchev–Trinajstić information content (AvgIpc) is 2.82. The van der Waals surface area contributed by atoms with Crippen molar-refractivity contribution in [3.63, 3.8) is 0 Å². The summed E-state index contributed by atoms with van der Waals surface area (Å²) in [6.45, 7) is 2.02. The van der Waals surface area contributed by atoms with E-state index in [0.29, 0.717) is 15.6 Å². The molecule has 0 saturated carbocycles. The number of hydrogen-bond acceptors (Lipinski definition) is 1. The Morgan fingerprint density at radius 3 is 2.77 bits per heavy atom. The average molecular weight is 330 g/mol. The standard InChI is InChI=1S/C18H13Cl2NO/c1-12-10-14-4-2-3-5-17(14)21(12)18(22)9-7-13-6-8-15(19)11-16(13)20/h2-6,8,11-12H,10H2,1H3. The molecule has 1 amide bonds. The molecular formula is C18H13Cl2NO. The van der Waals surface area contributed by atoms with E-state index in [0.717, 1.165) is 12.1 Å². The highest BCUT2D eigenvalue weighted by molar-refractivity contribution is 6.35. The summed E-state index contributed by atoms with van der Waals surface area (Å²) in [6, 6.07) is 13.1. The number of anilines is 1. The van der Waals surface area contributed by atoms with Crippen LogP contribution in [0.4, 0.5) is 5.69 Å². The van der Waals surface area contributed by atoms with E-state index in [4.69, 9.17) is 23.2 Å². The van der Waals surface area contributed by atoms with Crippen LogP contribution < -0.4 is 4.90 Å². The summed E-state index contributed by atoms with van der Waals surface area (Å²) in [6.07, 6.45) is 0.852.